The summed E-state index contributed by atoms with van der Waals surface area (Å²) in [6.45, 7) is 8.27. The summed E-state index contributed by atoms with van der Waals surface area (Å²) in [6, 6.07) is 6.48. The molecule has 108 valence electrons. The lowest BCUT2D eigenvalue weighted by molar-refractivity contribution is 0.356. The first-order valence-corrected chi connectivity index (χ1v) is 7.55. The lowest BCUT2D eigenvalue weighted by atomic mass is 9.95. The van der Waals surface area contributed by atoms with E-state index in [-0.39, 0.29) is 0 Å². The van der Waals surface area contributed by atoms with Crippen LogP contribution in [0.5, 0.6) is 5.75 Å². The Hall–Kier alpha value is -0.580. The molecule has 0 fully saturated rings. The van der Waals surface area contributed by atoms with Crippen LogP contribution in [0.3, 0.4) is 0 Å². The van der Waals surface area contributed by atoms with Crippen LogP contribution < -0.4 is 15.8 Å². The van der Waals surface area contributed by atoms with Crippen molar-refractivity contribution in [3.05, 3.63) is 28.2 Å². The quantitative estimate of drug-likeness (QED) is 0.807. The molecule has 0 aliphatic heterocycles. The molecular formula is C15H25BrN2O. The predicted octanol–water partition coefficient (Wildman–Crippen LogP) is 3.34. The molecule has 2 atom stereocenters. The molecule has 0 saturated carbocycles. The van der Waals surface area contributed by atoms with E-state index in [1.54, 1.807) is 7.11 Å². The van der Waals surface area contributed by atoms with E-state index in [0.29, 0.717) is 17.9 Å². The molecule has 0 heterocycles. The zero-order chi connectivity index (χ0) is 14.4. The molecule has 3 N–H and O–H groups in total. The Balaban J connectivity index is 2.63. The smallest absolute Gasteiger partial charge is 0.133 e. The van der Waals surface area contributed by atoms with Gasteiger partial charge in [-0.05, 0) is 65.5 Å². The highest BCUT2D eigenvalue weighted by molar-refractivity contribution is 9.10. The van der Waals surface area contributed by atoms with E-state index >= 15 is 0 Å². The zero-order valence-electron chi connectivity index (χ0n) is 12.2. The van der Waals surface area contributed by atoms with Crippen LogP contribution in [0.4, 0.5) is 0 Å². The van der Waals surface area contributed by atoms with Crippen molar-refractivity contribution in [2.45, 2.75) is 26.8 Å². The molecule has 0 bridgehead atoms. The van der Waals surface area contributed by atoms with E-state index in [4.69, 9.17) is 10.5 Å². The Morgan fingerprint density at radius 1 is 1.32 bits per heavy atom. The number of nitrogens with one attached hydrogen (secondary N) is 1. The predicted molar refractivity (Wildman–Crippen MR) is 84.5 cm³/mol. The Labute approximate surface area is 125 Å². The number of hydrogen-bond acceptors (Lipinski definition) is 3. The summed E-state index contributed by atoms with van der Waals surface area (Å²) in [5, 5.41) is 3.55. The number of rotatable bonds is 7. The highest BCUT2D eigenvalue weighted by Crippen LogP contribution is 2.28. The van der Waals surface area contributed by atoms with Gasteiger partial charge in [0.05, 0.1) is 11.6 Å². The fourth-order valence-electron chi connectivity index (χ4n) is 1.99. The van der Waals surface area contributed by atoms with Crippen molar-refractivity contribution in [2.75, 3.05) is 20.2 Å². The maximum absolute atomic E-state index is 5.80. The average molecular weight is 329 g/mol. The van der Waals surface area contributed by atoms with Gasteiger partial charge in [-0.15, -0.1) is 0 Å². The fourth-order valence-corrected chi connectivity index (χ4v) is 2.55. The average Bonchev–Trinajstić information content (AvgIpc) is 2.38. The third-order valence-electron chi connectivity index (χ3n) is 3.61. The first-order chi connectivity index (χ1) is 8.99. The molecule has 0 aliphatic rings. The first-order valence-electron chi connectivity index (χ1n) is 6.76. The Morgan fingerprint density at radius 3 is 2.47 bits per heavy atom. The molecule has 19 heavy (non-hydrogen) atoms. The monoisotopic (exact) mass is 328 g/mol. The molecule has 0 radical (unpaired) electrons. The Kier molecular flexibility index (Phi) is 6.83. The van der Waals surface area contributed by atoms with Gasteiger partial charge in [-0.1, -0.05) is 19.9 Å². The van der Waals surface area contributed by atoms with Crippen LogP contribution >= 0.6 is 15.9 Å². The molecule has 0 aromatic heterocycles. The van der Waals surface area contributed by atoms with Gasteiger partial charge >= 0.3 is 0 Å². The minimum absolute atomic E-state index is 0.301. The van der Waals surface area contributed by atoms with E-state index in [9.17, 15) is 0 Å². The van der Waals surface area contributed by atoms with Crippen LogP contribution in [0.1, 0.15) is 32.4 Å². The summed E-state index contributed by atoms with van der Waals surface area (Å²) in [7, 11) is 1.68. The molecule has 3 nitrogen and oxygen atoms in total. The molecular weight excluding hydrogens is 304 g/mol. The van der Waals surface area contributed by atoms with E-state index in [1.165, 1.54) is 5.56 Å². The number of ether oxygens (including phenoxy) is 1. The maximum atomic E-state index is 5.80. The van der Waals surface area contributed by atoms with Gasteiger partial charge in [-0.2, -0.15) is 0 Å². The van der Waals surface area contributed by atoms with Crippen LogP contribution in [0.25, 0.3) is 0 Å². The standard InChI is InChI=1S/C15H25BrN2O/c1-10(2)13(8-17)9-18-11(3)12-5-6-15(19-4)14(16)7-12/h5-7,10-11,13,18H,8-9,17H2,1-4H3. The Bertz CT molecular complexity index is 396. The van der Waals surface area contributed by atoms with E-state index in [1.807, 2.05) is 6.07 Å². The van der Waals surface area contributed by atoms with Crippen molar-refractivity contribution >= 4 is 15.9 Å². The van der Waals surface area contributed by atoms with Gasteiger partial charge < -0.3 is 15.8 Å². The van der Waals surface area contributed by atoms with Gasteiger partial charge in [-0.25, -0.2) is 0 Å². The van der Waals surface area contributed by atoms with Gasteiger partial charge in [0.2, 0.25) is 0 Å². The summed E-state index contributed by atoms with van der Waals surface area (Å²) in [5.41, 5.74) is 7.04. The van der Waals surface area contributed by atoms with Crippen LogP contribution in [0.2, 0.25) is 0 Å². The number of methoxy groups -OCH3 is 1. The summed E-state index contributed by atoms with van der Waals surface area (Å²) in [4.78, 5) is 0. The molecule has 4 heteroatoms. The minimum atomic E-state index is 0.301. The van der Waals surface area contributed by atoms with Gasteiger partial charge in [0.25, 0.3) is 0 Å². The lowest BCUT2D eigenvalue weighted by Crippen LogP contribution is -2.33. The van der Waals surface area contributed by atoms with Crippen molar-refractivity contribution in [1.82, 2.24) is 5.32 Å². The molecule has 0 spiro atoms. The molecule has 2 unspecified atom stereocenters. The number of nitrogens with two attached hydrogens (primary N) is 1. The number of hydrogen-bond donors (Lipinski definition) is 2. The highest BCUT2D eigenvalue weighted by Gasteiger charge is 2.14. The maximum Gasteiger partial charge on any atom is 0.133 e. The molecule has 0 amide bonds. The lowest BCUT2D eigenvalue weighted by Gasteiger charge is -2.23. The summed E-state index contributed by atoms with van der Waals surface area (Å²) in [6.07, 6.45) is 0. The highest BCUT2D eigenvalue weighted by atomic mass is 79.9. The molecule has 1 aromatic rings. The van der Waals surface area contributed by atoms with Crippen LogP contribution in [0.15, 0.2) is 22.7 Å². The molecule has 1 rings (SSSR count). The van der Waals surface area contributed by atoms with E-state index in [2.05, 4.69) is 54.2 Å². The van der Waals surface area contributed by atoms with Crippen molar-refractivity contribution in [1.29, 1.82) is 0 Å². The number of benzene rings is 1. The van der Waals surface area contributed by atoms with Crippen molar-refractivity contribution in [3.8, 4) is 5.75 Å². The third-order valence-corrected chi connectivity index (χ3v) is 4.23. The second-order valence-corrected chi connectivity index (χ2v) is 6.12. The van der Waals surface area contributed by atoms with Crippen molar-refractivity contribution in [2.24, 2.45) is 17.6 Å². The Morgan fingerprint density at radius 2 is 2.00 bits per heavy atom. The normalized spacial score (nSPS) is 14.5. The zero-order valence-corrected chi connectivity index (χ0v) is 13.8. The number of halogens is 1. The van der Waals surface area contributed by atoms with E-state index < -0.39 is 0 Å². The largest absolute Gasteiger partial charge is 0.496 e. The molecule has 0 saturated heterocycles. The fraction of sp³-hybridized carbons (Fsp3) is 0.600. The second-order valence-electron chi connectivity index (χ2n) is 5.26. The molecule has 0 aliphatic carbocycles. The second kappa shape index (κ2) is 7.88. The van der Waals surface area contributed by atoms with Crippen molar-refractivity contribution < 1.29 is 4.74 Å². The van der Waals surface area contributed by atoms with Gasteiger partial charge in [0, 0.05) is 6.04 Å². The first kappa shape index (κ1) is 16.5. The van der Waals surface area contributed by atoms with Crippen LogP contribution in [-0.2, 0) is 0 Å². The van der Waals surface area contributed by atoms with Gasteiger partial charge in [0.15, 0.2) is 0 Å². The van der Waals surface area contributed by atoms with Crippen LogP contribution in [-0.4, -0.2) is 20.2 Å². The van der Waals surface area contributed by atoms with E-state index in [0.717, 1.165) is 23.3 Å². The van der Waals surface area contributed by atoms with Crippen LogP contribution in [0, 0.1) is 11.8 Å². The summed E-state index contributed by atoms with van der Waals surface area (Å²) < 4.78 is 6.23. The molecule has 1 aromatic carbocycles. The summed E-state index contributed by atoms with van der Waals surface area (Å²) >= 11 is 3.52. The van der Waals surface area contributed by atoms with Crippen molar-refractivity contribution in [3.63, 3.8) is 0 Å². The topological polar surface area (TPSA) is 47.3 Å². The SMILES string of the molecule is COc1ccc(C(C)NCC(CN)C(C)C)cc1Br. The summed E-state index contributed by atoms with van der Waals surface area (Å²) in [5.74, 6) is 1.98. The van der Waals surface area contributed by atoms with Gasteiger partial charge in [-0.3, -0.25) is 0 Å². The third kappa shape index (κ3) is 4.79. The van der Waals surface area contributed by atoms with Gasteiger partial charge in [0.1, 0.15) is 5.75 Å². The minimum Gasteiger partial charge on any atom is -0.496 e.